The SMILES string of the molecule is CCCCCCCC(N)C(CC)(c1ccccc1)c1ccccc1.O. The number of hydrogen-bond donors (Lipinski definition) is 1. The molecule has 1 unspecified atom stereocenters. The topological polar surface area (TPSA) is 57.5 Å². The molecule has 0 bridgehead atoms. The van der Waals surface area contributed by atoms with Crippen LogP contribution in [0.2, 0.25) is 0 Å². The Kier molecular flexibility index (Phi) is 9.48. The number of nitrogens with two attached hydrogens (primary N) is 1. The fraction of sp³-hybridized carbons (Fsp3) is 0.478. The molecule has 2 aromatic rings. The Hall–Kier alpha value is -1.64. The summed E-state index contributed by atoms with van der Waals surface area (Å²) in [4.78, 5) is 0. The molecule has 0 aliphatic rings. The predicted molar refractivity (Wildman–Crippen MR) is 109 cm³/mol. The molecule has 0 heterocycles. The first-order chi connectivity index (χ1) is 11.8. The van der Waals surface area contributed by atoms with E-state index in [0.717, 1.165) is 12.8 Å². The maximum Gasteiger partial charge on any atom is 0.0351 e. The van der Waals surface area contributed by atoms with Crippen LogP contribution in [0.25, 0.3) is 0 Å². The highest BCUT2D eigenvalue weighted by Crippen LogP contribution is 2.39. The first kappa shape index (κ1) is 21.4. The van der Waals surface area contributed by atoms with Crippen LogP contribution in [0.3, 0.4) is 0 Å². The van der Waals surface area contributed by atoms with E-state index in [1.54, 1.807) is 0 Å². The molecule has 2 aromatic carbocycles. The molecule has 0 saturated heterocycles. The van der Waals surface area contributed by atoms with Crippen molar-refractivity contribution in [2.75, 3.05) is 0 Å². The maximum absolute atomic E-state index is 6.84. The van der Waals surface area contributed by atoms with Crippen LogP contribution in [0.5, 0.6) is 0 Å². The molecule has 2 heteroatoms. The van der Waals surface area contributed by atoms with E-state index in [4.69, 9.17) is 5.73 Å². The monoisotopic (exact) mass is 341 g/mol. The summed E-state index contributed by atoms with van der Waals surface area (Å²) in [5.41, 5.74) is 9.45. The normalized spacial score (nSPS) is 12.4. The van der Waals surface area contributed by atoms with Gasteiger partial charge in [0.25, 0.3) is 0 Å². The van der Waals surface area contributed by atoms with Gasteiger partial charge in [-0.3, -0.25) is 0 Å². The minimum Gasteiger partial charge on any atom is -0.412 e. The molecule has 1 atom stereocenters. The van der Waals surface area contributed by atoms with Gasteiger partial charge in [0, 0.05) is 11.5 Å². The van der Waals surface area contributed by atoms with Crippen LogP contribution in [0.15, 0.2) is 60.7 Å². The zero-order chi connectivity index (χ0) is 17.3. The van der Waals surface area contributed by atoms with E-state index in [1.165, 1.54) is 43.2 Å². The minimum absolute atomic E-state index is 0. The largest absolute Gasteiger partial charge is 0.412 e. The Labute approximate surface area is 153 Å². The highest BCUT2D eigenvalue weighted by Gasteiger charge is 2.38. The van der Waals surface area contributed by atoms with E-state index in [9.17, 15) is 0 Å². The van der Waals surface area contributed by atoms with Crippen LogP contribution in [0.1, 0.15) is 69.9 Å². The third-order valence-corrected chi connectivity index (χ3v) is 5.39. The Balaban J connectivity index is 0.00000312. The Morgan fingerprint density at radius 2 is 1.24 bits per heavy atom. The lowest BCUT2D eigenvalue weighted by molar-refractivity contribution is 0.363. The number of benzene rings is 2. The third kappa shape index (κ3) is 5.17. The molecular formula is C23H35NO. The second-order valence-electron chi connectivity index (χ2n) is 6.87. The highest BCUT2D eigenvalue weighted by atomic mass is 16.0. The molecule has 0 amide bonds. The lowest BCUT2D eigenvalue weighted by Gasteiger charge is -2.40. The van der Waals surface area contributed by atoms with E-state index in [0.29, 0.717) is 0 Å². The number of hydrogen-bond acceptors (Lipinski definition) is 1. The average molecular weight is 342 g/mol. The molecule has 25 heavy (non-hydrogen) atoms. The molecule has 0 aliphatic carbocycles. The van der Waals surface area contributed by atoms with E-state index in [-0.39, 0.29) is 16.9 Å². The molecule has 138 valence electrons. The van der Waals surface area contributed by atoms with Gasteiger partial charge in [0.2, 0.25) is 0 Å². The van der Waals surface area contributed by atoms with Crippen LogP contribution in [-0.4, -0.2) is 11.5 Å². The van der Waals surface area contributed by atoms with Crippen LogP contribution in [-0.2, 0) is 5.41 Å². The van der Waals surface area contributed by atoms with Crippen molar-refractivity contribution in [2.24, 2.45) is 5.73 Å². The van der Waals surface area contributed by atoms with Crippen molar-refractivity contribution >= 4 is 0 Å². The van der Waals surface area contributed by atoms with Crippen LogP contribution < -0.4 is 5.73 Å². The fourth-order valence-corrected chi connectivity index (χ4v) is 3.95. The van der Waals surface area contributed by atoms with Gasteiger partial charge in [0.05, 0.1) is 0 Å². The first-order valence-corrected chi connectivity index (χ1v) is 9.62. The zero-order valence-corrected chi connectivity index (χ0v) is 15.9. The van der Waals surface area contributed by atoms with Crippen molar-refractivity contribution in [3.05, 3.63) is 71.8 Å². The molecule has 0 aromatic heterocycles. The van der Waals surface area contributed by atoms with Gasteiger partial charge in [-0.2, -0.15) is 0 Å². The van der Waals surface area contributed by atoms with Crippen LogP contribution in [0.4, 0.5) is 0 Å². The zero-order valence-electron chi connectivity index (χ0n) is 15.9. The summed E-state index contributed by atoms with van der Waals surface area (Å²) in [6, 6.07) is 21.8. The van der Waals surface area contributed by atoms with Crippen molar-refractivity contribution < 1.29 is 5.48 Å². The molecule has 0 aliphatic heterocycles. The number of rotatable bonds is 10. The van der Waals surface area contributed by atoms with Gasteiger partial charge in [-0.25, -0.2) is 0 Å². The summed E-state index contributed by atoms with van der Waals surface area (Å²) in [5.74, 6) is 0. The second kappa shape index (κ2) is 11.1. The van der Waals surface area contributed by atoms with E-state index in [2.05, 4.69) is 74.5 Å². The van der Waals surface area contributed by atoms with Gasteiger partial charge in [0.15, 0.2) is 0 Å². The predicted octanol–water partition coefficient (Wildman–Crippen LogP) is 5.25. The summed E-state index contributed by atoms with van der Waals surface area (Å²) in [6.45, 7) is 4.54. The molecule has 0 spiro atoms. The van der Waals surface area contributed by atoms with Crippen molar-refractivity contribution in [3.8, 4) is 0 Å². The molecular weight excluding hydrogens is 306 g/mol. The summed E-state index contributed by atoms with van der Waals surface area (Å²) in [5, 5.41) is 0. The molecule has 4 N–H and O–H groups in total. The van der Waals surface area contributed by atoms with Crippen molar-refractivity contribution in [1.82, 2.24) is 0 Å². The second-order valence-corrected chi connectivity index (χ2v) is 6.87. The van der Waals surface area contributed by atoms with Gasteiger partial charge in [0.1, 0.15) is 0 Å². The van der Waals surface area contributed by atoms with Crippen LogP contribution in [0, 0.1) is 0 Å². The maximum atomic E-state index is 6.84. The fourth-order valence-electron chi connectivity index (χ4n) is 3.95. The summed E-state index contributed by atoms with van der Waals surface area (Å²) in [7, 11) is 0. The minimum atomic E-state index is -0.0900. The van der Waals surface area contributed by atoms with Crippen molar-refractivity contribution in [1.29, 1.82) is 0 Å². The van der Waals surface area contributed by atoms with E-state index >= 15 is 0 Å². The Morgan fingerprint density at radius 1 is 0.760 bits per heavy atom. The summed E-state index contributed by atoms with van der Waals surface area (Å²) in [6.07, 6.45) is 8.59. The van der Waals surface area contributed by atoms with Crippen LogP contribution >= 0.6 is 0 Å². The van der Waals surface area contributed by atoms with Gasteiger partial charge in [-0.15, -0.1) is 0 Å². The van der Waals surface area contributed by atoms with Crippen molar-refractivity contribution in [2.45, 2.75) is 70.3 Å². The molecule has 2 rings (SSSR count). The third-order valence-electron chi connectivity index (χ3n) is 5.39. The standard InChI is InChI=1S/C23H33N.H2O/c1-3-5-6-7-14-19-22(24)23(4-2,20-15-10-8-11-16-20)21-17-12-9-13-18-21;/h8-13,15-18,22H,3-7,14,19,24H2,1-2H3;1H2. The summed E-state index contributed by atoms with van der Waals surface area (Å²) >= 11 is 0. The van der Waals surface area contributed by atoms with Gasteiger partial charge in [-0.05, 0) is 24.0 Å². The lowest BCUT2D eigenvalue weighted by Crippen LogP contribution is -2.46. The first-order valence-electron chi connectivity index (χ1n) is 9.62. The van der Waals surface area contributed by atoms with E-state index < -0.39 is 0 Å². The molecule has 2 nitrogen and oxygen atoms in total. The van der Waals surface area contributed by atoms with E-state index in [1.807, 2.05) is 0 Å². The highest BCUT2D eigenvalue weighted by molar-refractivity contribution is 5.41. The Bertz CT molecular complexity index is 528. The molecule has 0 fully saturated rings. The molecule has 0 saturated carbocycles. The smallest absolute Gasteiger partial charge is 0.0351 e. The Morgan fingerprint density at radius 3 is 1.68 bits per heavy atom. The van der Waals surface area contributed by atoms with Crippen molar-refractivity contribution in [3.63, 3.8) is 0 Å². The average Bonchev–Trinajstić information content (AvgIpc) is 2.64. The molecule has 0 radical (unpaired) electrons. The lowest BCUT2D eigenvalue weighted by atomic mass is 9.66. The van der Waals surface area contributed by atoms with Gasteiger partial charge in [-0.1, -0.05) is 107 Å². The van der Waals surface area contributed by atoms with Gasteiger partial charge >= 0.3 is 0 Å². The quantitative estimate of drug-likeness (QED) is 0.590. The summed E-state index contributed by atoms with van der Waals surface area (Å²) < 4.78 is 0. The number of unbranched alkanes of at least 4 members (excludes halogenated alkanes) is 4. The van der Waals surface area contributed by atoms with Gasteiger partial charge < -0.3 is 11.2 Å².